The van der Waals surface area contributed by atoms with E-state index in [1.807, 2.05) is 11.5 Å². The fourth-order valence-electron chi connectivity index (χ4n) is 2.94. The fourth-order valence-corrected chi connectivity index (χ4v) is 2.94. The predicted octanol–water partition coefficient (Wildman–Crippen LogP) is 0.0210. The van der Waals surface area contributed by atoms with Gasteiger partial charge >= 0.3 is 0 Å². The number of amides is 2. The van der Waals surface area contributed by atoms with E-state index in [1.54, 1.807) is 7.05 Å². The predicted molar refractivity (Wildman–Crippen MR) is 68.4 cm³/mol. The lowest BCUT2D eigenvalue weighted by atomic mass is 10.1. The fraction of sp³-hybridized carbons (Fsp3) is 0.615. The number of likely N-dealkylation sites (tertiary alicyclic amines) is 1. The molecule has 1 aromatic heterocycles. The number of carbonyl (C=O) groups is 2. The summed E-state index contributed by atoms with van der Waals surface area (Å²) >= 11 is 0. The summed E-state index contributed by atoms with van der Waals surface area (Å²) in [4.78, 5) is 29.8. The van der Waals surface area contributed by atoms with Crippen molar-refractivity contribution in [1.82, 2.24) is 19.8 Å². The van der Waals surface area contributed by atoms with Crippen molar-refractivity contribution in [2.45, 2.75) is 38.8 Å². The number of likely N-dealkylation sites (N-methyl/N-ethyl adjacent to an activating group) is 1. The Labute approximate surface area is 111 Å². The van der Waals surface area contributed by atoms with Crippen molar-refractivity contribution in [1.29, 1.82) is 0 Å². The van der Waals surface area contributed by atoms with Gasteiger partial charge in [0.15, 0.2) is 0 Å². The van der Waals surface area contributed by atoms with Gasteiger partial charge in [-0.2, -0.15) is 0 Å². The minimum absolute atomic E-state index is 0.103. The van der Waals surface area contributed by atoms with Crippen LogP contribution in [0.1, 0.15) is 36.6 Å². The molecule has 2 aliphatic rings. The number of fused-ring (bicyclic) bond motifs is 1. The summed E-state index contributed by atoms with van der Waals surface area (Å²) in [5.41, 5.74) is 2.15. The molecule has 1 N–H and O–H groups in total. The van der Waals surface area contributed by atoms with Crippen molar-refractivity contribution in [3.63, 3.8) is 0 Å². The third kappa shape index (κ3) is 1.78. The summed E-state index contributed by atoms with van der Waals surface area (Å²) < 4.78 is 2.01. The molecule has 2 aliphatic heterocycles. The van der Waals surface area contributed by atoms with Crippen LogP contribution in [0, 0.1) is 0 Å². The second-order valence-corrected chi connectivity index (χ2v) is 5.08. The zero-order chi connectivity index (χ0) is 13.6. The van der Waals surface area contributed by atoms with E-state index < -0.39 is 0 Å². The number of nitrogens with zero attached hydrogens (tertiary/aromatic N) is 3. The highest BCUT2D eigenvalue weighted by molar-refractivity contribution is 6.04. The van der Waals surface area contributed by atoms with Gasteiger partial charge in [-0.05, 0) is 0 Å². The highest BCUT2D eigenvalue weighted by Gasteiger charge is 2.39. The van der Waals surface area contributed by atoms with Crippen LogP contribution in [0.3, 0.4) is 0 Å². The number of aromatic nitrogens is 2. The Morgan fingerprint density at radius 3 is 2.84 bits per heavy atom. The number of hydrogen-bond donors (Lipinski definition) is 1. The first-order valence-electron chi connectivity index (χ1n) is 6.73. The first kappa shape index (κ1) is 12.3. The smallest absolute Gasteiger partial charge is 0.252 e. The van der Waals surface area contributed by atoms with Crippen LogP contribution in [-0.4, -0.2) is 39.9 Å². The van der Waals surface area contributed by atoms with Crippen LogP contribution >= 0.6 is 0 Å². The van der Waals surface area contributed by atoms with Crippen LogP contribution < -0.4 is 5.32 Å². The van der Waals surface area contributed by atoms with Gasteiger partial charge in [-0.15, -0.1) is 0 Å². The van der Waals surface area contributed by atoms with E-state index in [0.717, 1.165) is 43.1 Å². The van der Waals surface area contributed by atoms with Gasteiger partial charge < -0.3 is 9.88 Å². The van der Waals surface area contributed by atoms with Crippen molar-refractivity contribution in [2.75, 3.05) is 13.6 Å². The number of carbonyl (C=O) groups excluding carboxylic acids is 2. The van der Waals surface area contributed by atoms with Crippen molar-refractivity contribution >= 4 is 11.8 Å². The Morgan fingerprint density at radius 1 is 1.42 bits per heavy atom. The van der Waals surface area contributed by atoms with Crippen LogP contribution in [0.15, 0.2) is 0 Å². The Bertz CT molecular complexity index is 549. The van der Waals surface area contributed by atoms with Gasteiger partial charge in [0.25, 0.3) is 5.91 Å². The molecule has 19 heavy (non-hydrogen) atoms. The zero-order valence-electron chi connectivity index (χ0n) is 11.3. The number of imide groups is 1. The maximum Gasteiger partial charge on any atom is 0.252 e. The van der Waals surface area contributed by atoms with Crippen molar-refractivity contribution in [2.24, 2.45) is 0 Å². The topological polar surface area (TPSA) is 67.2 Å². The molecule has 102 valence electrons. The lowest BCUT2D eigenvalue weighted by Gasteiger charge is -2.19. The molecule has 1 fully saturated rings. The monoisotopic (exact) mass is 262 g/mol. The van der Waals surface area contributed by atoms with Gasteiger partial charge in [0.1, 0.15) is 11.9 Å². The van der Waals surface area contributed by atoms with E-state index in [1.165, 1.54) is 4.90 Å². The second kappa shape index (κ2) is 4.45. The summed E-state index contributed by atoms with van der Waals surface area (Å²) in [7, 11) is 1.56. The van der Waals surface area contributed by atoms with Crippen LogP contribution in [0.2, 0.25) is 0 Å². The molecule has 1 aromatic rings. The molecule has 0 aliphatic carbocycles. The maximum atomic E-state index is 12.2. The van der Waals surface area contributed by atoms with Gasteiger partial charge in [0.2, 0.25) is 5.91 Å². The lowest BCUT2D eigenvalue weighted by molar-refractivity contribution is -0.137. The van der Waals surface area contributed by atoms with E-state index in [9.17, 15) is 9.59 Å². The Balaban J connectivity index is 2.07. The average molecular weight is 262 g/mol. The molecule has 0 radical (unpaired) electrons. The lowest BCUT2D eigenvalue weighted by Crippen LogP contribution is -2.30. The third-order valence-electron chi connectivity index (χ3n) is 3.98. The average Bonchev–Trinajstić information content (AvgIpc) is 2.91. The van der Waals surface area contributed by atoms with Crippen molar-refractivity contribution in [3.8, 4) is 0 Å². The number of nitrogens with one attached hydrogen (secondary N) is 1. The highest BCUT2D eigenvalue weighted by atomic mass is 16.2. The molecule has 6 nitrogen and oxygen atoms in total. The van der Waals surface area contributed by atoms with E-state index in [2.05, 4.69) is 10.3 Å². The molecule has 0 saturated carbocycles. The van der Waals surface area contributed by atoms with Crippen molar-refractivity contribution < 1.29 is 9.59 Å². The Morgan fingerprint density at radius 2 is 2.21 bits per heavy atom. The van der Waals surface area contributed by atoms with Gasteiger partial charge in [0, 0.05) is 38.7 Å². The third-order valence-corrected chi connectivity index (χ3v) is 3.98. The van der Waals surface area contributed by atoms with Gasteiger partial charge in [-0.3, -0.25) is 14.5 Å². The highest BCUT2D eigenvalue weighted by Crippen LogP contribution is 2.29. The SMILES string of the molecule is CCc1nc2c(n1C1CC(=O)N(C)C1=O)CCNC2. The number of hydrogen-bond acceptors (Lipinski definition) is 4. The summed E-state index contributed by atoms with van der Waals surface area (Å²) in [5.74, 6) is 0.696. The molecule has 3 rings (SSSR count). The maximum absolute atomic E-state index is 12.2. The molecular formula is C13H18N4O2. The summed E-state index contributed by atoms with van der Waals surface area (Å²) in [6, 6.07) is -0.387. The van der Waals surface area contributed by atoms with Gasteiger partial charge in [-0.25, -0.2) is 4.98 Å². The molecule has 6 heteroatoms. The zero-order valence-corrected chi connectivity index (χ0v) is 11.3. The summed E-state index contributed by atoms with van der Waals surface area (Å²) in [6.07, 6.45) is 1.90. The van der Waals surface area contributed by atoms with E-state index in [4.69, 9.17) is 0 Å². The first-order valence-corrected chi connectivity index (χ1v) is 6.73. The molecule has 0 spiro atoms. The molecule has 1 atom stereocenters. The Hall–Kier alpha value is -1.69. The normalized spacial score (nSPS) is 23.1. The van der Waals surface area contributed by atoms with Crippen molar-refractivity contribution in [3.05, 3.63) is 17.2 Å². The van der Waals surface area contributed by atoms with Crippen LogP contribution in [0.5, 0.6) is 0 Å². The summed E-state index contributed by atoms with van der Waals surface area (Å²) in [5, 5.41) is 3.29. The Kier molecular flexibility index (Phi) is 2.89. The number of aryl methyl sites for hydroxylation is 1. The van der Waals surface area contributed by atoms with E-state index in [-0.39, 0.29) is 24.3 Å². The molecule has 0 aromatic carbocycles. The largest absolute Gasteiger partial charge is 0.319 e. The molecule has 1 unspecified atom stereocenters. The molecule has 3 heterocycles. The molecule has 2 amide bonds. The number of imidazole rings is 1. The molecular weight excluding hydrogens is 244 g/mol. The quantitative estimate of drug-likeness (QED) is 0.763. The summed E-state index contributed by atoms with van der Waals surface area (Å²) in [6.45, 7) is 3.68. The standard InChI is InChI=1S/C13H18N4O2/c1-3-11-15-8-7-14-5-4-9(8)17(11)10-6-12(18)16(2)13(10)19/h10,14H,3-7H2,1-2H3. The minimum atomic E-state index is -0.387. The van der Waals surface area contributed by atoms with Crippen LogP contribution in [0.4, 0.5) is 0 Å². The van der Waals surface area contributed by atoms with Gasteiger partial charge in [-0.1, -0.05) is 6.92 Å². The minimum Gasteiger partial charge on any atom is -0.319 e. The number of rotatable bonds is 2. The van der Waals surface area contributed by atoms with E-state index >= 15 is 0 Å². The van der Waals surface area contributed by atoms with Gasteiger partial charge in [0.05, 0.1) is 12.1 Å². The first-order chi connectivity index (χ1) is 9.13. The van der Waals surface area contributed by atoms with Crippen LogP contribution in [-0.2, 0) is 29.0 Å². The van der Waals surface area contributed by atoms with E-state index in [0.29, 0.717) is 0 Å². The van der Waals surface area contributed by atoms with Crippen LogP contribution in [0.25, 0.3) is 0 Å². The second-order valence-electron chi connectivity index (χ2n) is 5.08. The molecule has 1 saturated heterocycles. The molecule has 0 bridgehead atoms.